The molecule has 0 saturated heterocycles. The van der Waals surface area contributed by atoms with Gasteiger partial charge in [-0.15, -0.1) is 0 Å². The van der Waals surface area contributed by atoms with E-state index in [-0.39, 0.29) is 5.92 Å². The second-order valence-electron chi connectivity index (χ2n) is 6.77. The number of hydrogen-bond donors (Lipinski definition) is 1. The van der Waals surface area contributed by atoms with Crippen LogP contribution in [0.1, 0.15) is 34.0 Å². The highest BCUT2D eigenvalue weighted by atomic mass is 14.7. The molecule has 1 nitrogen and oxygen atoms in total. The summed E-state index contributed by atoms with van der Waals surface area (Å²) in [5.74, 6) is 0.181. The van der Waals surface area contributed by atoms with E-state index >= 15 is 0 Å². The van der Waals surface area contributed by atoms with Crippen molar-refractivity contribution in [2.75, 3.05) is 0 Å². The van der Waals surface area contributed by atoms with Crippen LogP contribution in [0.3, 0.4) is 0 Å². The molecule has 1 aromatic heterocycles. The van der Waals surface area contributed by atoms with E-state index < -0.39 is 0 Å². The van der Waals surface area contributed by atoms with Crippen molar-refractivity contribution in [3.63, 3.8) is 0 Å². The maximum atomic E-state index is 3.58. The van der Waals surface area contributed by atoms with Gasteiger partial charge in [-0.3, -0.25) is 0 Å². The lowest BCUT2D eigenvalue weighted by molar-refractivity contribution is 0.975. The summed E-state index contributed by atoms with van der Waals surface area (Å²) in [5, 5.41) is 0. The molecule has 1 heteroatoms. The molecule has 0 radical (unpaired) electrons. The Kier molecular flexibility index (Phi) is 5.65. The van der Waals surface area contributed by atoms with Crippen molar-refractivity contribution in [2.24, 2.45) is 0 Å². The zero-order valence-corrected chi connectivity index (χ0v) is 15.7. The van der Waals surface area contributed by atoms with Crippen molar-refractivity contribution in [2.45, 2.75) is 5.92 Å². The predicted molar refractivity (Wildman–Crippen MR) is 120 cm³/mol. The maximum Gasteiger partial charge on any atom is 0.0424 e. The van der Waals surface area contributed by atoms with E-state index in [4.69, 9.17) is 0 Å². The lowest BCUT2D eigenvalue weighted by Gasteiger charge is -2.12. The Morgan fingerprint density at radius 2 is 1.11 bits per heavy atom. The number of hydrogen-bond acceptors (Lipinski definition) is 0. The predicted octanol–water partition coefficient (Wildman–Crippen LogP) is 7.03. The molecular formula is C27H23N. The molecule has 0 aliphatic carbocycles. The highest BCUT2D eigenvalue weighted by molar-refractivity contribution is 5.68. The van der Waals surface area contributed by atoms with Gasteiger partial charge in [0.15, 0.2) is 0 Å². The van der Waals surface area contributed by atoms with Crippen LogP contribution in [0, 0.1) is 0 Å². The minimum atomic E-state index is 0.181. The zero-order chi connectivity index (χ0) is 19.0. The Hall–Kier alpha value is -3.58. The average molecular weight is 361 g/mol. The molecule has 0 bridgehead atoms. The van der Waals surface area contributed by atoms with Crippen LogP contribution in [0.15, 0.2) is 109 Å². The van der Waals surface area contributed by atoms with Crippen LogP contribution >= 0.6 is 0 Å². The lowest BCUT2D eigenvalue weighted by Crippen LogP contribution is -1.98. The molecule has 1 N–H and O–H groups in total. The fourth-order valence-corrected chi connectivity index (χ4v) is 3.28. The number of aromatic nitrogens is 1. The summed E-state index contributed by atoms with van der Waals surface area (Å²) in [6, 6.07) is 35.7. The van der Waals surface area contributed by atoms with Gasteiger partial charge in [0.05, 0.1) is 0 Å². The molecule has 0 fully saturated rings. The Bertz CT molecular complexity index is 1040. The summed E-state index contributed by atoms with van der Waals surface area (Å²) in [4.78, 5) is 3.58. The van der Waals surface area contributed by atoms with E-state index in [1.807, 2.05) is 12.1 Å². The molecular weight excluding hydrogens is 338 g/mol. The maximum absolute atomic E-state index is 3.58. The van der Waals surface area contributed by atoms with E-state index in [1.165, 1.54) is 22.4 Å². The van der Waals surface area contributed by atoms with Crippen LogP contribution in [0.4, 0.5) is 0 Å². The fourth-order valence-electron chi connectivity index (χ4n) is 3.28. The summed E-state index contributed by atoms with van der Waals surface area (Å²) >= 11 is 0. The monoisotopic (exact) mass is 361 g/mol. The van der Waals surface area contributed by atoms with Crippen LogP contribution in [0.25, 0.3) is 18.2 Å². The van der Waals surface area contributed by atoms with E-state index in [2.05, 4.69) is 120 Å². The molecule has 1 heterocycles. The normalized spacial score (nSPS) is 12.6. The Morgan fingerprint density at radius 3 is 1.75 bits per heavy atom. The Labute approximate surface area is 166 Å². The van der Waals surface area contributed by atoms with Crippen molar-refractivity contribution < 1.29 is 0 Å². The molecule has 3 aromatic carbocycles. The number of rotatable bonds is 6. The second kappa shape index (κ2) is 8.88. The van der Waals surface area contributed by atoms with Crippen molar-refractivity contribution in [3.05, 3.63) is 137 Å². The Morgan fingerprint density at radius 1 is 0.536 bits per heavy atom. The first kappa shape index (κ1) is 17.8. The van der Waals surface area contributed by atoms with E-state index in [9.17, 15) is 0 Å². The molecule has 0 unspecified atom stereocenters. The largest absolute Gasteiger partial charge is 0.358 e. The summed E-state index contributed by atoms with van der Waals surface area (Å²) in [5.41, 5.74) is 5.97. The fraction of sp³-hybridized carbons (Fsp3) is 0.0370. The highest BCUT2D eigenvalue weighted by Gasteiger charge is 2.12. The van der Waals surface area contributed by atoms with Crippen LogP contribution in [-0.4, -0.2) is 4.98 Å². The van der Waals surface area contributed by atoms with Gasteiger partial charge in [-0.05, 0) is 34.9 Å². The van der Waals surface area contributed by atoms with Crippen LogP contribution < -0.4 is 0 Å². The number of benzene rings is 3. The second-order valence-corrected chi connectivity index (χ2v) is 6.77. The third-order valence-corrected chi connectivity index (χ3v) is 4.76. The molecule has 0 saturated carbocycles. The zero-order valence-electron chi connectivity index (χ0n) is 15.7. The van der Waals surface area contributed by atoms with Crippen LogP contribution in [-0.2, 0) is 0 Å². The quantitative estimate of drug-likeness (QED) is 0.379. The van der Waals surface area contributed by atoms with Gasteiger partial charge in [0.25, 0.3) is 0 Å². The standard InChI is InChI=1S/C27H23N/c1-4-10-22(11-5-1)16-18-25-19-21-27(28-25)26(24-14-8-3-9-15-24)20-17-23-12-6-2-7-13-23/h1-21,26,28H/b18-16+,20-17+/t26-/m1/s1. The summed E-state index contributed by atoms with van der Waals surface area (Å²) in [7, 11) is 0. The number of allylic oxidation sites excluding steroid dienone is 1. The summed E-state index contributed by atoms with van der Waals surface area (Å²) in [6.07, 6.45) is 8.72. The third-order valence-electron chi connectivity index (χ3n) is 4.76. The number of nitrogens with one attached hydrogen (secondary N) is 1. The van der Waals surface area contributed by atoms with Gasteiger partial charge in [0.2, 0.25) is 0 Å². The van der Waals surface area contributed by atoms with Gasteiger partial charge >= 0.3 is 0 Å². The van der Waals surface area contributed by atoms with Crippen LogP contribution in [0.2, 0.25) is 0 Å². The van der Waals surface area contributed by atoms with Gasteiger partial charge < -0.3 is 4.98 Å². The number of aromatic amines is 1. The molecule has 0 aliphatic rings. The van der Waals surface area contributed by atoms with E-state index in [1.54, 1.807) is 0 Å². The van der Waals surface area contributed by atoms with E-state index in [0.29, 0.717) is 0 Å². The van der Waals surface area contributed by atoms with Gasteiger partial charge in [-0.2, -0.15) is 0 Å². The number of H-pyrrole nitrogens is 1. The molecule has 0 amide bonds. The SMILES string of the molecule is C(=C\c1ccc([C@H](/C=C/c2ccccc2)c2ccccc2)[nH]1)/c1ccccc1. The molecule has 0 aliphatic heterocycles. The molecule has 28 heavy (non-hydrogen) atoms. The molecule has 1 atom stereocenters. The van der Waals surface area contributed by atoms with Gasteiger partial charge in [-0.1, -0.05) is 109 Å². The van der Waals surface area contributed by atoms with Gasteiger partial charge in [-0.25, -0.2) is 0 Å². The molecule has 4 rings (SSSR count). The molecule has 0 spiro atoms. The van der Waals surface area contributed by atoms with Gasteiger partial charge in [0, 0.05) is 17.3 Å². The van der Waals surface area contributed by atoms with E-state index in [0.717, 1.165) is 5.69 Å². The highest BCUT2D eigenvalue weighted by Crippen LogP contribution is 2.27. The van der Waals surface area contributed by atoms with Crippen molar-refractivity contribution in [1.82, 2.24) is 4.98 Å². The summed E-state index contributed by atoms with van der Waals surface area (Å²) < 4.78 is 0. The van der Waals surface area contributed by atoms with Gasteiger partial charge in [0.1, 0.15) is 0 Å². The van der Waals surface area contributed by atoms with Crippen LogP contribution in [0.5, 0.6) is 0 Å². The smallest absolute Gasteiger partial charge is 0.0424 e. The third kappa shape index (κ3) is 4.57. The Balaban J connectivity index is 1.61. The topological polar surface area (TPSA) is 15.8 Å². The van der Waals surface area contributed by atoms with Crippen molar-refractivity contribution in [3.8, 4) is 0 Å². The first-order chi connectivity index (χ1) is 13.9. The molecule has 4 aromatic rings. The van der Waals surface area contributed by atoms with Crippen molar-refractivity contribution in [1.29, 1.82) is 0 Å². The molecule has 136 valence electrons. The first-order valence-corrected chi connectivity index (χ1v) is 9.59. The minimum Gasteiger partial charge on any atom is -0.358 e. The minimum absolute atomic E-state index is 0.181. The average Bonchev–Trinajstić information content (AvgIpc) is 3.23. The lowest BCUT2D eigenvalue weighted by atomic mass is 9.94. The van der Waals surface area contributed by atoms with Crippen molar-refractivity contribution >= 4 is 18.2 Å². The first-order valence-electron chi connectivity index (χ1n) is 9.59. The summed E-state index contributed by atoms with van der Waals surface area (Å²) in [6.45, 7) is 0.